The van der Waals surface area contributed by atoms with Crippen molar-refractivity contribution in [3.8, 4) is 0 Å². The molecule has 0 radical (unpaired) electrons. The van der Waals surface area contributed by atoms with Crippen LogP contribution in [-0.4, -0.2) is 34.4 Å². The third-order valence-corrected chi connectivity index (χ3v) is 4.53. The number of urea groups is 1. The summed E-state index contributed by atoms with van der Waals surface area (Å²) in [6.45, 7) is 2.99. The van der Waals surface area contributed by atoms with E-state index in [0.29, 0.717) is 22.6 Å². The van der Waals surface area contributed by atoms with Crippen LogP contribution in [0.15, 0.2) is 27.2 Å². The van der Waals surface area contributed by atoms with Crippen molar-refractivity contribution in [1.82, 2.24) is 20.8 Å². The lowest BCUT2D eigenvalue weighted by Crippen LogP contribution is -2.40. The van der Waals surface area contributed by atoms with Crippen molar-refractivity contribution in [3.05, 3.63) is 24.2 Å². The Morgan fingerprint density at radius 2 is 2.26 bits per heavy atom. The smallest absolute Gasteiger partial charge is 0.321 e. The van der Waals surface area contributed by atoms with Gasteiger partial charge in [0.2, 0.25) is 11.0 Å². The van der Waals surface area contributed by atoms with E-state index in [-0.39, 0.29) is 11.7 Å². The molecule has 0 aliphatic rings. The minimum absolute atomic E-state index is 0.104. The molecule has 124 valence electrons. The molecule has 0 aromatic carbocycles. The molecule has 2 heterocycles. The zero-order valence-corrected chi connectivity index (χ0v) is 14.1. The highest BCUT2D eigenvalue weighted by molar-refractivity contribution is 8.01. The molecule has 0 aliphatic heterocycles. The Morgan fingerprint density at radius 1 is 1.39 bits per heavy atom. The molecule has 0 atom stereocenters. The maximum absolute atomic E-state index is 11.6. The van der Waals surface area contributed by atoms with Crippen molar-refractivity contribution in [2.75, 3.05) is 17.6 Å². The van der Waals surface area contributed by atoms with Gasteiger partial charge in [0.25, 0.3) is 0 Å². The molecule has 0 unspecified atom stereocenters. The summed E-state index contributed by atoms with van der Waals surface area (Å²) in [5.74, 6) is 0.530. The van der Waals surface area contributed by atoms with Crippen molar-refractivity contribution in [2.24, 2.45) is 0 Å². The monoisotopic (exact) mass is 355 g/mol. The lowest BCUT2D eigenvalue weighted by Gasteiger charge is -2.04. The number of anilines is 1. The molecule has 3 amide bonds. The Morgan fingerprint density at radius 3 is 3.00 bits per heavy atom. The van der Waals surface area contributed by atoms with E-state index in [1.54, 1.807) is 6.26 Å². The second-order valence-corrected chi connectivity index (χ2v) is 6.60. The number of imide groups is 1. The maximum Gasteiger partial charge on any atom is 0.321 e. The van der Waals surface area contributed by atoms with Crippen LogP contribution in [0.2, 0.25) is 0 Å². The van der Waals surface area contributed by atoms with Crippen LogP contribution in [0.1, 0.15) is 19.1 Å². The van der Waals surface area contributed by atoms with Gasteiger partial charge < -0.3 is 15.1 Å². The summed E-state index contributed by atoms with van der Waals surface area (Å²) in [7, 11) is 0. The highest BCUT2D eigenvalue weighted by Gasteiger charge is 2.10. The Labute approximate surface area is 141 Å². The van der Waals surface area contributed by atoms with E-state index in [4.69, 9.17) is 4.42 Å². The molecule has 2 rings (SSSR count). The van der Waals surface area contributed by atoms with Gasteiger partial charge in [-0.2, -0.15) is 0 Å². The summed E-state index contributed by atoms with van der Waals surface area (Å²) in [6.07, 6.45) is 2.42. The van der Waals surface area contributed by atoms with Gasteiger partial charge in [-0.15, -0.1) is 10.2 Å². The average Bonchev–Trinajstić information content (AvgIpc) is 3.20. The first-order valence-corrected chi connectivity index (χ1v) is 8.78. The Hall–Kier alpha value is -2.07. The molecule has 0 bridgehead atoms. The largest absolute Gasteiger partial charge is 0.467 e. The molecule has 0 fully saturated rings. The van der Waals surface area contributed by atoms with Crippen molar-refractivity contribution in [1.29, 1.82) is 0 Å². The molecule has 0 saturated heterocycles. The van der Waals surface area contributed by atoms with Crippen LogP contribution >= 0.6 is 23.1 Å². The molecule has 10 heteroatoms. The molecule has 0 saturated carbocycles. The van der Waals surface area contributed by atoms with Gasteiger partial charge >= 0.3 is 6.03 Å². The molecule has 23 heavy (non-hydrogen) atoms. The third kappa shape index (κ3) is 6.28. The van der Waals surface area contributed by atoms with Gasteiger partial charge in [0, 0.05) is 6.54 Å². The number of carbonyl (C=O) groups is 2. The fraction of sp³-hybridized carbons (Fsp3) is 0.385. The summed E-state index contributed by atoms with van der Waals surface area (Å²) in [4.78, 5) is 22.9. The molecular formula is C13H17N5O3S2. The van der Waals surface area contributed by atoms with Gasteiger partial charge in [0.15, 0.2) is 4.34 Å². The number of thioether (sulfide) groups is 1. The molecule has 8 nitrogen and oxygen atoms in total. The van der Waals surface area contributed by atoms with E-state index in [0.717, 1.165) is 12.2 Å². The fourth-order valence-corrected chi connectivity index (χ4v) is 3.04. The standard InChI is InChI=1S/C13H17N5O3S2/c1-2-5-14-11(20)16-10(19)8-22-13-18-17-12(23-13)15-7-9-4-3-6-21-9/h3-4,6H,2,5,7-8H2,1H3,(H,15,17)(H2,14,16,19,20). The zero-order chi connectivity index (χ0) is 16.5. The van der Waals surface area contributed by atoms with Crippen LogP contribution in [0.25, 0.3) is 0 Å². The summed E-state index contributed by atoms with van der Waals surface area (Å²) in [5, 5.41) is 16.5. The SMILES string of the molecule is CCCNC(=O)NC(=O)CSc1nnc(NCc2ccco2)s1. The van der Waals surface area contributed by atoms with Crippen LogP contribution in [0.3, 0.4) is 0 Å². The van der Waals surface area contributed by atoms with E-state index in [2.05, 4.69) is 26.1 Å². The minimum atomic E-state index is -0.476. The molecule has 0 spiro atoms. The highest BCUT2D eigenvalue weighted by atomic mass is 32.2. The summed E-state index contributed by atoms with van der Waals surface area (Å²) < 4.78 is 5.85. The predicted octanol–water partition coefficient (Wildman–Crippen LogP) is 2.07. The predicted molar refractivity (Wildman–Crippen MR) is 88.5 cm³/mol. The molecule has 2 aromatic heterocycles. The number of nitrogens with one attached hydrogen (secondary N) is 3. The van der Waals surface area contributed by atoms with E-state index < -0.39 is 6.03 Å². The Kier molecular flexibility index (Phi) is 6.88. The fourth-order valence-electron chi connectivity index (χ4n) is 1.49. The van der Waals surface area contributed by atoms with Crippen molar-refractivity contribution >= 4 is 40.2 Å². The number of hydrogen-bond donors (Lipinski definition) is 3. The zero-order valence-electron chi connectivity index (χ0n) is 12.5. The average molecular weight is 355 g/mol. The van der Waals surface area contributed by atoms with Crippen molar-refractivity contribution < 1.29 is 14.0 Å². The van der Waals surface area contributed by atoms with Crippen LogP contribution in [0.5, 0.6) is 0 Å². The number of furan rings is 1. The Balaban J connectivity index is 1.69. The van der Waals surface area contributed by atoms with Crippen LogP contribution < -0.4 is 16.0 Å². The van der Waals surface area contributed by atoms with Crippen LogP contribution in [0.4, 0.5) is 9.93 Å². The topological polar surface area (TPSA) is 109 Å². The van der Waals surface area contributed by atoms with E-state index in [1.807, 2.05) is 19.1 Å². The number of hydrogen-bond acceptors (Lipinski definition) is 8. The molecule has 2 aromatic rings. The van der Waals surface area contributed by atoms with Crippen LogP contribution in [-0.2, 0) is 11.3 Å². The highest BCUT2D eigenvalue weighted by Crippen LogP contribution is 2.25. The summed E-state index contributed by atoms with van der Waals surface area (Å²) in [5.41, 5.74) is 0. The lowest BCUT2D eigenvalue weighted by molar-refractivity contribution is -0.117. The number of carbonyl (C=O) groups excluding carboxylic acids is 2. The van der Waals surface area contributed by atoms with Crippen LogP contribution in [0, 0.1) is 0 Å². The van der Waals surface area contributed by atoms with Gasteiger partial charge in [0.05, 0.1) is 18.6 Å². The molecule has 0 aliphatic carbocycles. The van der Waals surface area contributed by atoms with Gasteiger partial charge in [-0.1, -0.05) is 30.0 Å². The van der Waals surface area contributed by atoms with E-state index >= 15 is 0 Å². The molecular weight excluding hydrogens is 338 g/mol. The van der Waals surface area contributed by atoms with Crippen molar-refractivity contribution in [3.63, 3.8) is 0 Å². The summed E-state index contributed by atoms with van der Waals surface area (Å²) in [6, 6.07) is 3.20. The first kappa shape index (κ1) is 17.3. The normalized spacial score (nSPS) is 10.3. The third-order valence-electron chi connectivity index (χ3n) is 2.52. The van der Waals surface area contributed by atoms with Gasteiger partial charge in [-0.25, -0.2) is 4.79 Å². The summed E-state index contributed by atoms with van der Waals surface area (Å²) >= 11 is 2.56. The number of rotatable bonds is 8. The minimum Gasteiger partial charge on any atom is -0.467 e. The Bertz CT molecular complexity index is 629. The van der Waals surface area contributed by atoms with E-state index in [9.17, 15) is 9.59 Å². The second kappa shape index (κ2) is 9.16. The lowest BCUT2D eigenvalue weighted by atomic mass is 10.4. The second-order valence-electron chi connectivity index (χ2n) is 4.40. The first-order chi connectivity index (χ1) is 11.2. The maximum atomic E-state index is 11.6. The number of amides is 3. The quantitative estimate of drug-likeness (QED) is 0.622. The number of aromatic nitrogens is 2. The number of nitrogens with zero attached hydrogens (tertiary/aromatic N) is 2. The van der Waals surface area contributed by atoms with E-state index in [1.165, 1.54) is 23.1 Å². The first-order valence-electron chi connectivity index (χ1n) is 6.97. The van der Waals surface area contributed by atoms with Gasteiger partial charge in [-0.3, -0.25) is 10.1 Å². The van der Waals surface area contributed by atoms with Crippen molar-refractivity contribution in [2.45, 2.75) is 24.2 Å². The van der Waals surface area contributed by atoms with Gasteiger partial charge in [0.1, 0.15) is 5.76 Å². The van der Waals surface area contributed by atoms with Gasteiger partial charge in [-0.05, 0) is 18.6 Å². The molecule has 3 N–H and O–H groups in total.